The van der Waals surface area contributed by atoms with E-state index in [0.717, 1.165) is 16.3 Å². The summed E-state index contributed by atoms with van der Waals surface area (Å²) in [7, 11) is 1.67. The summed E-state index contributed by atoms with van der Waals surface area (Å²) in [6, 6.07) is 12.2. The molecule has 0 aromatic heterocycles. The molecule has 2 heteroatoms. The second-order valence-corrected chi connectivity index (χ2v) is 4.52. The van der Waals surface area contributed by atoms with E-state index in [4.69, 9.17) is 0 Å². The molecule has 0 atom stereocenters. The van der Waals surface area contributed by atoms with Gasteiger partial charge in [0, 0.05) is 12.6 Å². The van der Waals surface area contributed by atoms with Gasteiger partial charge in [-0.05, 0) is 28.3 Å². The highest BCUT2D eigenvalue weighted by atomic mass is 16.1. The van der Waals surface area contributed by atoms with E-state index >= 15 is 0 Å². The maximum Gasteiger partial charge on any atom is 0.251 e. The number of hydrogen-bond acceptors (Lipinski definition) is 1. The Balaban J connectivity index is 2.73. The molecule has 17 heavy (non-hydrogen) atoms. The van der Waals surface area contributed by atoms with Crippen LogP contribution in [-0.2, 0) is 0 Å². The number of benzene rings is 2. The predicted octanol–water partition coefficient (Wildman–Crippen LogP) is 3.32. The van der Waals surface area contributed by atoms with Crippen LogP contribution in [0.5, 0.6) is 0 Å². The Hall–Kier alpha value is -1.83. The van der Waals surface area contributed by atoms with E-state index in [9.17, 15) is 4.79 Å². The molecule has 2 nitrogen and oxygen atoms in total. The van der Waals surface area contributed by atoms with Crippen LogP contribution in [0.2, 0.25) is 0 Å². The van der Waals surface area contributed by atoms with E-state index in [2.05, 4.69) is 25.2 Å². The molecular weight excluding hydrogens is 210 g/mol. The predicted molar refractivity (Wildman–Crippen MR) is 71.4 cm³/mol. The van der Waals surface area contributed by atoms with Gasteiger partial charge in [-0.1, -0.05) is 44.2 Å². The van der Waals surface area contributed by atoms with Gasteiger partial charge >= 0.3 is 0 Å². The zero-order valence-corrected chi connectivity index (χ0v) is 10.4. The van der Waals surface area contributed by atoms with Gasteiger partial charge in [-0.15, -0.1) is 0 Å². The highest BCUT2D eigenvalue weighted by Crippen LogP contribution is 2.25. The van der Waals surface area contributed by atoms with Crippen LogP contribution in [-0.4, -0.2) is 13.0 Å². The highest BCUT2D eigenvalue weighted by Gasteiger charge is 2.11. The van der Waals surface area contributed by atoms with Gasteiger partial charge in [-0.3, -0.25) is 4.79 Å². The Bertz CT molecular complexity index is 558. The third-order valence-corrected chi connectivity index (χ3v) is 3.02. The molecule has 1 N–H and O–H groups in total. The van der Waals surface area contributed by atoms with Crippen LogP contribution in [0.25, 0.3) is 10.8 Å². The molecule has 0 saturated carbocycles. The van der Waals surface area contributed by atoms with Crippen molar-refractivity contribution in [1.29, 1.82) is 0 Å². The minimum atomic E-state index is -0.0244. The van der Waals surface area contributed by atoms with Crippen LogP contribution in [0, 0.1) is 0 Å². The number of hydrogen-bond donors (Lipinski definition) is 1. The molecule has 2 aromatic carbocycles. The zero-order chi connectivity index (χ0) is 12.4. The van der Waals surface area contributed by atoms with Gasteiger partial charge in [-0.25, -0.2) is 0 Å². The number of fused-ring (bicyclic) bond motifs is 1. The summed E-state index contributed by atoms with van der Waals surface area (Å²) < 4.78 is 0. The molecular formula is C15H17NO. The van der Waals surface area contributed by atoms with Gasteiger partial charge in [-0.2, -0.15) is 0 Å². The Kier molecular flexibility index (Phi) is 3.14. The Morgan fingerprint density at radius 2 is 1.88 bits per heavy atom. The lowest BCUT2D eigenvalue weighted by Crippen LogP contribution is -2.18. The molecule has 0 fully saturated rings. The zero-order valence-electron chi connectivity index (χ0n) is 10.4. The largest absolute Gasteiger partial charge is 0.355 e. The van der Waals surface area contributed by atoms with Gasteiger partial charge in [0.1, 0.15) is 0 Å². The van der Waals surface area contributed by atoms with Crippen molar-refractivity contribution in [2.45, 2.75) is 19.8 Å². The van der Waals surface area contributed by atoms with E-state index in [-0.39, 0.29) is 5.91 Å². The molecule has 88 valence electrons. The third kappa shape index (κ3) is 2.16. The van der Waals surface area contributed by atoms with Gasteiger partial charge < -0.3 is 5.32 Å². The first-order valence-electron chi connectivity index (χ1n) is 5.88. The molecule has 1 amide bonds. The van der Waals surface area contributed by atoms with Crippen molar-refractivity contribution >= 4 is 16.7 Å². The van der Waals surface area contributed by atoms with E-state index in [0.29, 0.717) is 5.92 Å². The average Bonchev–Trinajstić information content (AvgIpc) is 2.36. The summed E-state index contributed by atoms with van der Waals surface area (Å²) in [6.45, 7) is 4.27. The highest BCUT2D eigenvalue weighted by molar-refractivity contribution is 6.07. The number of carbonyl (C=O) groups is 1. The normalized spacial score (nSPS) is 10.8. The average molecular weight is 227 g/mol. The van der Waals surface area contributed by atoms with Crippen LogP contribution in [0.1, 0.15) is 35.7 Å². The quantitative estimate of drug-likeness (QED) is 0.837. The Labute approximate surface area is 102 Å². The van der Waals surface area contributed by atoms with Crippen LogP contribution < -0.4 is 5.32 Å². The van der Waals surface area contributed by atoms with Crippen molar-refractivity contribution in [1.82, 2.24) is 5.32 Å². The molecule has 2 rings (SSSR count). The summed E-state index contributed by atoms with van der Waals surface area (Å²) in [5.74, 6) is 0.395. The molecule has 0 radical (unpaired) electrons. The van der Waals surface area contributed by atoms with Crippen LogP contribution in [0.4, 0.5) is 0 Å². The van der Waals surface area contributed by atoms with E-state index < -0.39 is 0 Å². The SMILES string of the molecule is CNC(=O)c1cc(C(C)C)cc2ccccc12. The molecule has 2 aromatic rings. The molecule has 0 saturated heterocycles. The van der Waals surface area contributed by atoms with Gasteiger partial charge in [0.2, 0.25) is 0 Å². The minimum Gasteiger partial charge on any atom is -0.355 e. The molecule has 0 unspecified atom stereocenters. The molecule has 0 aliphatic carbocycles. The number of amides is 1. The fourth-order valence-corrected chi connectivity index (χ4v) is 1.99. The van der Waals surface area contributed by atoms with Crippen molar-refractivity contribution < 1.29 is 4.79 Å². The topological polar surface area (TPSA) is 29.1 Å². The second-order valence-electron chi connectivity index (χ2n) is 4.52. The van der Waals surface area contributed by atoms with Crippen LogP contribution in [0.3, 0.4) is 0 Å². The smallest absolute Gasteiger partial charge is 0.251 e. The van der Waals surface area contributed by atoms with Crippen molar-refractivity contribution in [3.8, 4) is 0 Å². The van der Waals surface area contributed by atoms with Crippen LogP contribution in [0.15, 0.2) is 36.4 Å². The second kappa shape index (κ2) is 4.58. The van der Waals surface area contributed by atoms with Gasteiger partial charge in [0.05, 0.1) is 0 Å². The van der Waals surface area contributed by atoms with E-state index in [1.807, 2.05) is 30.3 Å². The number of nitrogens with one attached hydrogen (secondary N) is 1. The minimum absolute atomic E-state index is 0.0244. The standard InChI is InChI=1S/C15H17NO/c1-10(2)12-8-11-6-4-5-7-13(11)14(9-12)15(17)16-3/h4-10H,1-3H3,(H,16,17). The van der Waals surface area contributed by atoms with Crippen molar-refractivity contribution in [3.63, 3.8) is 0 Å². The molecule has 0 aliphatic heterocycles. The summed E-state index contributed by atoms with van der Waals surface area (Å²) in [6.07, 6.45) is 0. The van der Waals surface area contributed by atoms with Crippen molar-refractivity contribution in [2.75, 3.05) is 7.05 Å². The number of carbonyl (C=O) groups excluding carboxylic acids is 1. The van der Waals surface area contributed by atoms with Gasteiger partial charge in [0.25, 0.3) is 5.91 Å². The summed E-state index contributed by atoms with van der Waals surface area (Å²) in [5.41, 5.74) is 1.96. The first kappa shape index (κ1) is 11.6. The van der Waals surface area contributed by atoms with E-state index in [1.165, 1.54) is 5.56 Å². The first-order chi connectivity index (χ1) is 8.13. The fraction of sp³-hybridized carbons (Fsp3) is 0.267. The lowest BCUT2D eigenvalue weighted by molar-refractivity contribution is 0.0964. The summed E-state index contributed by atoms with van der Waals surface area (Å²) in [5, 5.41) is 4.83. The van der Waals surface area contributed by atoms with E-state index in [1.54, 1.807) is 7.05 Å². The third-order valence-electron chi connectivity index (χ3n) is 3.02. The summed E-state index contributed by atoms with van der Waals surface area (Å²) in [4.78, 5) is 11.9. The molecule has 0 heterocycles. The lowest BCUT2D eigenvalue weighted by atomic mass is 9.95. The maximum atomic E-state index is 11.9. The van der Waals surface area contributed by atoms with Crippen LogP contribution >= 0.6 is 0 Å². The van der Waals surface area contributed by atoms with Crippen molar-refractivity contribution in [2.24, 2.45) is 0 Å². The summed E-state index contributed by atoms with van der Waals surface area (Å²) >= 11 is 0. The Morgan fingerprint density at radius 1 is 1.18 bits per heavy atom. The fourth-order valence-electron chi connectivity index (χ4n) is 1.99. The van der Waals surface area contributed by atoms with Crippen molar-refractivity contribution in [3.05, 3.63) is 47.5 Å². The lowest BCUT2D eigenvalue weighted by Gasteiger charge is -2.11. The molecule has 0 bridgehead atoms. The number of rotatable bonds is 2. The molecule has 0 spiro atoms. The molecule has 0 aliphatic rings. The van der Waals surface area contributed by atoms with Gasteiger partial charge in [0.15, 0.2) is 0 Å². The maximum absolute atomic E-state index is 11.9. The monoisotopic (exact) mass is 227 g/mol. The first-order valence-corrected chi connectivity index (χ1v) is 5.88. The Morgan fingerprint density at radius 3 is 2.53 bits per heavy atom.